The van der Waals surface area contributed by atoms with Crippen molar-refractivity contribution in [2.45, 2.75) is 57.5 Å². The number of nitrogens with zero attached hydrogens (tertiary/aromatic N) is 1. The topological polar surface area (TPSA) is 66.5 Å². The molecule has 0 radical (unpaired) electrons. The number of hydrogen-bond donors (Lipinski definition) is 2. The van der Waals surface area contributed by atoms with Gasteiger partial charge in [-0.05, 0) is 44.4 Å². The second-order valence-electron chi connectivity index (χ2n) is 7.47. The number of rotatable bonds is 7. The lowest BCUT2D eigenvalue weighted by Crippen LogP contribution is -2.14. The monoisotopic (exact) mass is 419 g/mol. The van der Waals surface area contributed by atoms with Gasteiger partial charge in [-0.3, -0.25) is 9.79 Å². The van der Waals surface area contributed by atoms with Crippen LogP contribution in [0.2, 0.25) is 5.02 Å². The summed E-state index contributed by atoms with van der Waals surface area (Å²) < 4.78 is 5.01. The number of aromatic amines is 1. The molecule has 28 heavy (non-hydrogen) atoms. The maximum Gasteiger partial charge on any atom is 0.305 e. The van der Waals surface area contributed by atoms with Gasteiger partial charge in [0, 0.05) is 28.6 Å². The van der Waals surface area contributed by atoms with Crippen molar-refractivity contribution in [2.24, 2.45) is 4.99 Å². The zero-order valence-corrected chi connectivity index (χ0v) is 17.7. The van der Waals surface area contributed by atoms with Gasteiger partial charge in [0.25, 0.3) is 0 Å². The number of carbonyl (C=O) groups is 1. The third-order valence-electron chi connectivity index (χ3n) is 5.34. The molecule has 5 nitrogen and oxygen atoms in total. The van der Waals surface area contributed by atoms with Gasteiger partial charge >= 0.3 is 5.97 Å². The third-order valence-corrected chi connectivity index (χ3v) is 6.71. The molecule has 7 heteroatoms. The molecule has 1 saturated carbocycles. The van der Waals surface area contributed by atoms with Crippen molar-refractivity contribution in [3.63, 3.8) is 0 Å². The second-order valence-corrected chi connectivity index (χ2v) is 8.91. The molecule has 1 aliphatic heterocycles. The van der Waals surface area contributed by atoms with E-state index in [4.69, 9.17) is 21.3 Å². The zero-order chi connectivity index (χ0) is 19.5. The summed E-state index contributed by atoms with van der Waals surface area (Å²) in [7, 11) is 0. The molecule has 0 saturated heterocycles. The first kappa shape index (κ1) is 19.6. The molecule has 1 unspecified atom stereocenters. The first-order valence-electron chi connectivity index (χ1n) is 10.1. The third kappa shape index (κ3) is 4.49. The van der Waals surface area contributed by atoms with Gasteiger partial charge in [0.1, 0.15) is 5.04 Å². The molecular formula is C21H26ClN3O2S. The summed E-state index contributed by atoms with van der Waals surface area (Å²) in [5.74, 6) is 0.761. The molecule has 1 aromatic carbocycles. The average Bonchev–Trinajstić information content (AvgIpc) is 3.40. The summed E-state index contributed by atoms with van der Waals surface area (Å²) in [5, 5.41) is 6.52. The predicted octanol–water partition coefficient (Wildman–Crippen LogP) is 5.38. The fourth-order valence-electron chi connectivity index (χ4n) is 3.95. The smallest absolute Gasteiger partial charge is 0.305 e. The van der Waals surface area contributed by atoms with Gasteiger partial charge in [0.15, 0.2) is 0 Å². The van der Waals surface area contributed by atoms with Crippen molar-refractivity contribution in [1.82, 2.24) is 4.98 Å². The largest absolute Gasteiger partial charge is 0.466 e. The van der Waals surface area contributed by atoms with Crippen LogP contribution in [0.4, 0.5) is 5.69 Å². The van der Waals surface area contributed by atoms with Crippen LogP contribution in [-0.4, -0.2) is 40.4 Å². The maximum atomic E-state index is 11.6. The van der Waals surface area contributed by atoms with Gasteiger partial charge in [-0.2, -0.15) is 0 Å². The minimum Gasteiger partial charge on any atom is -0.466 e. The molecule has 2 N–H and O–H groups in total. The van der Waals surface area contributed by atoms with Crippen LogP contribution in [0.5, 0.6) is 0 Å². The number of aromatic nitrogens is 1. The standard InChI is InChI=1S/C21H26ClN3O2S/c1-2-27-19(26)8-7-16-12-28-21(24-16)18-10-13-9-14(22)11-17(20(13)25-18)23-15-5-3-4-6-15/h9-11,15-16,23,25H,2-8,12H2,1H3. The number of anilines is 1. The highest BCUT2D eigenvalue weighted by Crippen LogP contribution is 2.33. The predicted molar refractivity (Wildman–Crippen MR) is 118 cm³/mol. The number of ether oxygens (including phenoxy) is 1. The molecule has 0 spiro atoms. The number of nitrogens with one attached hydrogen (secondary N) is 2. The summed E-state index contributed by atoms with van der Waals surface area (Å²) >= 11 is 8.10. The van der Waals surface area contributed by atoms with Crippen LogP contribution in [0, 0.1) is 0 Å². The molecule has 150 valence electrons. The van der Waals surface area contributed by atoms with Crippen LogP contribution in [0.15, 0.2) is 23.2 Å². The number of benzene rings is 1. The Morgan fingerprint density at radius 3 is 2.96 bits per heavy atom. The molecule has 1 aliphatic carbocycles. The normalized spacial score (nSPS) is 19.9. The SMILES string of the molecule is CCOC(=O)CCC1CSC(c2cc3cc(Cl)cc(NC4CCCC4)c3[nH]2)=N1. The Labute approximate surface area is 174 Å². The number of halogens is 1. The molecule has 0 amide bonds. The Balaban J connectivity index is 1.51. The van der Waals surface area contributed by atoms with E-state index in [9.17, 15) is 4.79 Å². The van der Waals surface area contributed by atoms with Crippen molar-refractivity contribution in [3.05, 3.63) is 28.9 Å². The lowest BCUT2D eigenvalue weighted by molar-refractivity contribution is -0.143. The highest BCUT2D eigenvalue weighted by atomic mass is 35.5. The number of fused-ring (bicyclic) bond motifs is 1. The molecule has 2 aliphatic rings. The van der Waals surface area contributed by atoms with Crippen LogP contribution in [0.25, 0.3) is 10.9 Å². The average molecular weight is 420 g/mol. The number of esters is 1. The number of thioether (sulfide) groups is 1. The van der Waals surface area contributed by atoms with E-state index in [0.717, 1.165) is 44.5 Å². The Morgan fingerprint density at radius 1 is 1.36 bits per heavy atom. The Bertz CT molecular complexity index is 889. The van der Waals surface area contributed by atoms with E-state index in [0.29, 0.717) is 19.1 Å². The van der Waals surface area contributed by atoms with Gasteiger partial charge in [-0.25, -0.2) is 0 Å². The van der Waals surface area contributed by atoms with E-state index in [1.54, 1.807) is 11.8 Å². The summed E-state index contributed by atoms with van der Waals surface area (Å²) in [6.45, 7) is 2.26. The van der Waals surface area contributed by atoms with Crippen LogP contribution in [0.3, 0.4) is 0 Å². The van der Waals surface area contributed by atoms with Crippen LogP contribution in [-0.2, 0) is 9.53 Å². The second kappa shape index (κ2) is 8.78. The van der Waals surface area contributed by atoms with Crippen LogP contribution >= 0.6 is 23.4 Å². The fourth-order valence-corrected chi connectivity index (χ4v) is 5.26. The van der Waals surface area contributed by atoms with E-state index in [1.165, 1.54) is 25.7 Å². The minimum atomic E-state index is -0.140. The fraction of sp³-hybridized carbons (Fsp3) is 0.524. The quantitative estimate of drug-likeness (QED) is 0.591. The van der Waals surface area contributed by atoms with Crippen molar-refractivity contribution < 1.29 is 9.53 Å². The van der Waals surface area contributed by atoms with Gasteiger partial charge in [0.05, 0.1) is 29.5 Å². The summed E-state index contributed by atoms with van der Waals surface area (Å²) in [5.41, 5.74) is 3.18. The molecule has 1 atom stereocenters. The highest BCUT2D eigenvalue weighted by molar-refractivity contribution is 8.14. The summed E-state index contributed by atoms with van der Waals surface area (Å²) in [6.07, 6.45) is 6.16. The lowest BCUT2D eigenvalue weighted by Gasteiger charge is -2.14. The number of hydrogen-bond acceptors (Lipinski definition) is 5. The van der Waals surface area contributed by atoms with E-state index >= 15 is 0 Å². The lowest BCUT2D eigenvalue weighted by atomic mass is 10.2. The van der Waals surface area contributed by atoms with Crippen LogP contribution < -0.4 is 5.32 Å². The number of aliphatic imine (C=N–C) groups is 1. The molecular weight excluding hydrogens is 394 g/mol. The Kier molecular flexibility index (Phi) is 6.16. The first-order chi connectivity index (χ1) is 13.6. The molecule has 2 aromatic rings. The number of H-pyrrole nitrogens is 1. The molecule has 0 bridgehead atoms. The summed E-state index contributed by atoms with van der Waals surface area (Å²) in [4.78, 5) is 20.0. The van der Waals surface area contributed by atoms with Crippen molar-refractivity contribution in [3.8, 4) is 0 Å². The number of carbonyl (C=O) groups excluding carboxylic acids is 1. The Hall–Kier alpha value is -1.66. The highest BCUT2D eigenvalue weighted by Gasteiger charge is 2.23. The van der Waals surface area contributed by atoms with E-state index in [2.05, 4.69) is 16.4 Å². The van der Waals surface area contributed by atoms with Gasteiger partial charge in [-0.1, -0.05) is 24.4 Å². The van der Waals surface area contributed by atoms with Crippen molar-refractivity contribution in [2.75, 3.05) is 17.7 Å². The zero-order valence-electron chi connectivity index (χ0n) is 16.1. The van der Waals surface area contributed by atoms with Crippen molar-refractivity contribution >= 4 is 51.0 Å². The van der Waals surface area contributed by atoms with Gasteiger partial charge < -0.3 is 15.0 Å². The maximum absolute atomic E-state index is 11.6. The van der Waals surface area contributed by atoms with Crippen LogP contribution in [0.1, 0.15) is 51.1 Å². The van der Waals surface area contributed by atoms with E-state index < -0.39 is 0 Å². The van der Waals surface area contributed by atoms with Gasteiger partial charge in [-0.15, -0.1) is 11.8 Å². The molecule has 1 fully saturated rings. The van der Waals surface area contributed by atoms with Gasteiger partial charge in [0.2, 0.25) is 0 Å². The van der Waals surface area contributed by atoms with E-state index in [-0.39, 0.29) is 12.0 Å². The Morgan fingerprint density at radius 2 is 2.18 bits per heavy atom. The molecule has 2 heterocycles. The van der Waals surface area contributed by atoms with E-state index in [1.807, 2.05) is 19.1 Å². The summed E-state index contributed by atoms with van der Waals surface area (Å²) in [6, 6.07) is 6.82. The molecule has 1 aromatic heterocycles. The van der Waals surface area contributed by atoms with Crippen molar-refractivity contribution in [1.29, 1.82) is 0 Å². The molecule has 4 rings (SSSR count). The minimum absolute atomic E-state index is 0.140. The first-order valence-corrected chi connectivity index (χ1v) is 11.4.